The van der Waals surface area contributed by atoms with Gasteiger partial charge in [0.15, 0.2) is 6.04 Å². The molecule has 0 saturated carbocycles. The zero-order chi connectivity index (χ0) is 15.1. The Labute approximate surface area is 122 Å². The number of rotatable bonds is 7. The van der Waals surface area contributed by atoms with Gasteiger partial charge in [0.25, 0.3) is 0 Å². The lowest BCUT2D eigenvalue weighted by Gasteiger charge is -2.17. The molecule has 0 fully saturated rings. The van der Waals surface area contributed by atoms with Crippen molar-refractivity contribution in [2.75, 3.05) is 13.7 Å². The lowest BCUT2D eigenvalue weighted by Crippen LogP contribution is -2.46. The molecule has 20 heavy (non-hydrogen) atoms. The van der Waals surface area contributed by atoms with E-state index in [1.807, 2.05) is 12.1 Å². The summed E-state index contributed by atoms with van der Waals surface area (Å²) in [4.78, 5) is 22.9. The second-order valence-corrected chi connectivity index (χ2v) is 5.03. The van der Waals surface area contributed by atoms with E-state index in [1.54, 1.807) is 19.1 Å². The van der Waals surface area contributed by atoms with Crippen LogP contribution in [0.5, 0.6) is 0 Å². The molecule has 6 heteroatoms. The van der Waals surface area contributed by atoms with Crippen LogP contribution in [0.4, 0.5) is 0 Å². The molecule has 0 aliphatic rings. The third-order valence-electron chi connectivity index (χ3n) is 2.83. The van der Waals surface area contributed by atoms with Crippen LogP contribution in [-0.4, -0.2) is 36.7 Å². The van der Waals surface area contributed by atoms with Crippen LogP contribution in [0.25, 0.3) is 0 Å². The van der Waals surface area contributed by atoms with E-state index in [9.17, 15) is 9.59 Å². The Morgan fingerprint density at radius 3 is 2.70 bits per heavy atom. The number of carboxylic acid groups (broad SMARTS) is 1. The SMILES string of the molecule is COCC(NC(=O)C(C)Cc1cccc(Cl)c1)C(=O)O. The molecule has 1 aromatic rings. The van der Waals surface area contributed by atoms with Gasteiger partial charge in [-0.3, -0.25) is 4.79 Å². The average molecular weight is 300 g/mol. The molecule has 2 atom stereocenters. The maximum Gasteiger partial charge on any atom is 0.328 e. The van der Waals surface area contributed by atoms with Crippen molar-refractivity contribution in [1.29, 1.82) is 0 Å². The van der Waals surface area contributed by atoms with Crippen molar-refractivity contribution >= 4 is 23.5 Å². The van der Waals surface area contributed by atoms with Crippen molar-refractivity contribution < 1.29 is 19.4 Å². The van der Waals surface area contributed by atoms with E-state index in [0.717, 1.165) is 5.56 Å². The van der Waals surface area contributed by atoms with Crippen LogP contribution in [0.1, 0.15) is 12.5 Å². The third-order valence-corrected chi connectivity index (χ3v) is 3.06. The van der Waals surface area contributed by atoms with Crippen LogP contribution in [0.15, 0.2) is 24.3 Å². The molecule has 0 aromatic heterocycles. The Morgan fingerprint density at radius 2 is 2.15 bits per heavy atom. The first-order valence-corrected chi connectivity index (χ1v) is 6.58. The number of nitrogens with one attached hydrogen (secondary N) is 1. The van der Waals surface area contributed by atoms with E-state index in [0.29, 0.717) is 11.4 Å². The summed E-state index contributed by atoms with van der Waals surface area (Å²) < 4.78 is 4.77. The number of benzene rings is 1. The van der Waals surface area contributed by atoms with Crippen LogP contribution in [0.3, 0.4) is 0 Å². The molecule has 1 amide bonds. The van der Waals surface area contributed by atoms with Gasteiger partial charge < -0.3 is 15.2 Å². The monoisotopic (exact) mass is 299 g/mol. The first-order chi connectivity index (χ1) is 9.43. The number of hydrogen-bond acceptors (Lipinski definition) is 3. The molecular weight excluding hydrogens is 282 g/mol. The smallest absolute Gasteiger partial charge is 0.328 e. The van der Waals surface area contributed by atoms with Crippen molar-refractivity contribution in [3.05, 3.63) is 34.9 Å². The quantitative estimate of drug-likeness (QED) is 0.804. The fraction of sp³-hybridized carbons (Fsp3) is 0.429. The highest BCUT2D eigenvalue weighted by Gasteiger charge is 2.22. The van der Waals surface area contributed by atoms with E-state index in [1.165, 1.54) is 7.11 Å². The normalized spacial score (nSPS) is 13.6. The van der Waals surface area contributed by atoms with Gasteiger partial charge >= 0.3 is 5.97 Å². The summed E-state index contributed by atoms with van der Waals surface area (Å²) in [6, 6.07) is 6.20. The molecule has 0 aliphatic carbocycles. The van der Waals surface area contributed by atoms with Gasteiger partial charge in [0.2, 0.25) is 5.91 Å². The zero-order valence-electron chi connectivity index (χ0n) is 11.4. The van der Waals surface area contributed by atoms with Crippen LogP contribution in [-0.2, 0) is 20.7 Å². The van der Waals surface area contributed by atoms with Gasteiger partial charge in [0, 0.05) is 18.1 Å². The first kappa shape index (κ1) is 16.5. The molecule has 110 valence electrons. The predicted octanol–water partition coefficient (Wildman–Crippen LogP) is 1.73. The largest absolute Gasteiger partial charge is 0.480 e. The number of amides is 1. The summed E-state index contributed by atoms with van der Waals surface area (Å²) in [5.41, 5.74) is 0.929. The number of hydrogen-bond donors (Lipinski definition) is 2. The average Bonchev–Trinajstić information content (AvgIpc) is 2.37. The third kappa shape index (κ3) is 5.19. The molecule has 0 aliphatic heterocycles. The summed E-state index contributed by atoms with van der Waals surface area (Å²) in [6.45, 7) is 1.67. The van der Waals surface area contributed by atoms with Crippen molar-refractivity contribution in [3.8, 4) is 0 Å². The first-order valence-electron chi connectivity index (χ1n) is 6.20. The predicted molar refractivity (Wildman–Crippen MR) is 75.8 cm³/mol. The summed E-state index contributed by atoms with van der Waals surface area (Å²) in [7, 11) is 1.39. The van der Waals surface area contributed by atoms with E-state index in [-0.39, 0.29) is 18.4 Å². The number of ether oxygens (including phenoxy) is 1. The minimum absolute atomic E-state index is 0.0645. The van der Waals surface area contributed by atoms with E-state index >= 15 is 0 Å². The summed E-state index contributed by atoms with van der Waals surface area (Å²) in [6.07, 6.45) is 0.492. The fourth-order valence-electron chi connectivity index (χ4n) is 1.77. The van der Waals surface area contributed by atoms with Gasteiger partial charge in [-0.25, -0.2) is 4.79 Å². The minimum Gasteiger partial charge on any atom is -0.480 e. The highest BCUT2D eigenvalue weighted by Crippen LogP contribution is 2.14. The molecule has 0 saturated heterocycles. The Kier molecular flexibility index (Phi) is 6.48. The second-order valence-electron chi connectivity index (χ2n) is 4.59. The lowest BCUT2D eigenvalue weighted by atomic mass is 10.00. The van der Waals surface area contributed by atoms with Crippen LogP contribution in [0.2, 0.25) is 5.02 Å². The summed E-state index contributed by atoms with van der Waals surface area (Å²) >= 11 is 5.88. The summed E-state index contributed by atoms with van der Waals surface area (Å²) in [5, 5.41) is 12.0. The van der Waals surface area contributed by atoms with Crippen LogP contribution < -0.4 is 5.32 Å². The second kappa shape index (κ2) is 7.87. The lowest BCUT2D eigenvalue weighted by molar-refractivity contribution is -0.143. The molecular formula is C14H18ClNO4. The Bertz CT molecular complexity index is 478. The van der Waals surface area contributed by atoms with Crippen molar-refractivity contribution in [3.63, 3.8) is 0 Å². The highest BCUT2D eigenvalue weighted by atomic mass is 35.5. The fourth-order valence-corrected chi connectivity index (χ4v) is 1.98. The molecule has 0 heterocycles. The maximum absolute atomic E-state index is 12.0. The molecule has 5 nitrogen and oxygen atoms in total. The van der Waals surface area contributed by atoms with Crippen molar-refractivity contribution in [2.24, 2.45) is 5.92 Å². The molecule has 1 rings (SSSR count). The molecule has 1 aromatic carbocycles. The standard InChI is InChI=1S/C14H18ClNO4/c1-9(6-10-4-3-5-11(15)7-10)13(17)16-12(8-20-2)14(18)19/h3-5,7,9,12H,6,8H2,1-2H3,(H,16,17)(H,18,19). The molecule has 2 unspecified atom stereocenters. The zero-order valence-corrected chi connectivity index (χ0v) is 12.2. The Balaban J connectivity index is 2.60. The molecule has 0 radical (unpaired) electrons. The minimum atomic E-state index is -1.12. The number of carbonyl (C=O) groups excluding carboxylic acids is 1. The van der Waals surface area contributed by atoms with Gasteiger partial charge in [0.05, 0.1) is 6.61 Å². The Hall–Kier alpha value is -1.59. The van der Waals surface area contributed by atoms with E-state index in [4.69, 9.17) is 21.4 Å². The van der Waals surface area contributed by atoms with Gasteiger partial charge in [-0.1, -0.05) is 30.7 Å². The van der Waals surface area contributed by atoms with Crippen LogP contribution in [0, 0.1) is 5.92 Å². The molecule has 0 spiro atoms. The highest BCUT2D eigenvalue weighted by molar-refractivity contribution is 6.30. The van der Waals surface area contributed by atoms with Gasteiger partial charge in [-0.2, -0.15) is 0 Å². The number of aliphatic carboxylic acids is 1. The van der Waals surface area contributed by atoms with E-state index in [2.05, 4.69) is 5.32 Å². The van der Waals surface area contributed by atoms with Crippen molar-refractivity contribution in [2.45, 2.75) is 19.4 Å². The topological polar surface area (TPSA) is 75.6 Å². The number of carbonyl (C=O) groups is 2. The van der Waals surface area contributed by atoms with Gasteiger partial charge in [-0.15, -0.1) is 0 Å². The molecule has 2 N–H and O–H groups in total. The van der Waals surface area contributed by atoms with E-state index < -0.39 is 12.0 Å². The van der Waals surface area contributed by atoms with Crippen LogP contribution >= 0.6 is 11.6 Å². The van der Waals surface area contributed by atoms with Crippen molar-refractivity contribution in [1.82, 2.24) is 5.32 Å². The number of halogens is 1. The maximum atomic E-state index is 12.0. The Morgan fingerprint density at radius 1 is 1.45 bits per heavy atom. The number of carboxylic acids is 1. The molecule has 0 bridgehead atoms. The number of methoxy groups -OCH3 is 1. The van der Waals surface area contributed by atoms with Gasteiger partial charge in [0.1, 0.15) is 0 Å². The van der Waals surface area contributed by atoms with Gasteiger partial charge in [-0.05, 0) is 24.1 Å². The summed E-state index contributed by atoms with van der Waals surface area (Å²) in [5.74, 6) is -1.79.